The minimum atomic E-state index is -0.0692. The molecule has 1 saturated carbocycles. The number of rotatable bonds is 9. The fourth-order valence-corrected chi connectivity index (χ4v) is 5.85. The van der Waals surface area contributed by atoms with Gasteiger partial charge in [0.15, 0.2) is 0 Å². The highest BCUT2D eigenvalue weighted by Crippen LogP contribution is 2.59. The summed E-state index contributed by atoms with van der Waals surface area (Å²) in [7, 11) is 1.63. The minimum Gasteiger partial charge on any atom is -0.497 e. The highest BCUT2D eigenvalue weighted by Gasteiger charge is 2.51. The van der Waals surface area contributed by atoms with Gasteiger partial charge in [0, 0.05) is 57.9 Å². The van der Waals surface area contributed by atoms with E-state index in [4.69, 9.17) is 4.74 Å². The van der Waals surface area contributed by atoms with Crippen molar-refractivity contribution in [1.29, 1.82) is 0 Å². The third-order valence-corrected chi connectivity index (χ3v) is 8.46. The first kappa shape index (κ1) is 25.5. The Balaban J connectivity index is 1.25. The van der Waals surface area contributed by atoms with Gasteiger partial charge >= 0.3 is 6.03 Å². The summed E-state index contributed by atoms with van der Waals surface area (Å²) >= 11 is 0. The highest BCUT2D eigenvalue weighted by atomic mass is 16.5. The summed E-state index contributed by atoms with van der Waals surface area (Å²) in [5.74, 6) is 2.48. The van der Waals surface area contributed by atoms with E-state index in [9.17, 15) is 9.59 Å². The molecule has 1 saturated heterocycles. The largest absolute Gasteiger partial charge is 0.497 e. The van der Waals surface area contributed by atoms with Crippen LogP contribution in [-0.4, -0.2) is 79.6 Å². The quantitative estimate of drug-likeness (QED) is 0.528. The van der Waals surface area contributed by atoms with Gasteiger partial charge in [-0.3, -0.25) is 9.69 Å². The van der Waals surface area contributed by atoms with Crippen LogP contribution in [0.5, 0.6) is 5.75 Å². The number of carbonyl (C=O) groups excluding carboxylic acids is 2. The molecule has 0 aromatic heterocycles. The minimum absolute atomic E-state index is 0.0692. The second kappa shape index (κ2) is 11.0. The standard InChI is InChI=1S/C28H42N4O3/c1-5-6-26(33)32(20-21-7-8-22-19-25(21)28(22,2)3)18-15-30-13-16-31(17-14-30)27(34)29-23-9-11-24(35-4)12-10-23/h7,9-12,22,25H,5-6,8,13-20H2,1-4H3,(H,29,34). The van der Waals surface area contributed by atoms with Crippen molar-refractivity contribution in [3.05, 3.63) is 35.9 Å². The van der Waals surface area contributed by atoms with Crippen LogP contribution in [0.3, 0.4) is 0 Å². The maximum absolute atomic E-state index is 12.9. The van der Waals surface area contributed by atoms with Crippen LogP contribution in [0.25, 0.3) is 0 Å². The van der Waals surface area contributed by atoms with Crippen molar-refractivity contribution < 1.29 is 14.3 Å². The van der Waals surface area contributed by atoms with Gasteiger partial charge in [-0.05, 0) is 60.8 Å². The Morgan fingerprint density at radius 3 is 2.46 bits per heavy atom. The molecule has 0 radical (unpaired) electrons. The Hall–Kier alpha value is -2.54. The van der Waals surface area contributed by atoms with Crippen LogP contribution in [0, 0.1) is 17.3 Å². The van der Waals surface area contributed by atoms with E-state index in [-0.39, 0.29) is 11.9 Å². The van der Waals surface area contributed by atoms with Gasteiger partial charge in [-0.1, -0.05) is 32.4 Å². The molecule has 0 spiro atoms. The van der Waals surface area contributed by atoms with Crippen molar-refractivity contribution in [2.75, 3.05) is 58.2 Å². The van der Waals surface area contributed by atoms with Crippen LogP contribution in [0.2, 0.25) is 0 Å². The van der Waals surface area contributed by atoms with Gasteiger partial charge < -0.3 is 19.9 Å². The summed E-state index contributed by atoms with van der Waals surface area (Å²) < 4.78 is 5.17. The number of hydrogen-bond donors (Lipinski definition) is 1. The zero-order valence-corrected chi connectivity index (χ0v) is 21.9. The fourth-order valence-electron chi connectivity index (χ4n) is 5.85. The highest BCUT2D eigenvalue weighted by molar-refractivity contribution is 5.89. The molecule has 7 heteroatoms. The number of urea groups is 1. The van der Waals surface area contributed by atoms with E-state index >= 15 is 0 Å². The van der Waals surface area contributed by atoms with E-state index in [1.54, 1.807) is 7.11 Å². The second-order valence-electron chi connectivity index (χ2n) is 10.9. The molecule has 1 aromatic rings. The number of ether oxygens (including phenoxy) is 1. The van der Waals surface area contributed by atoms with Gasteiger partial charge in [-0.15, -0.1) is 0 Å². The number of amides is 3. The average molecular weight is 483 g/mol. The topological polar surface area (TPSA) is 65.1 Å². The molecular weight excluding hydrogens is 440 g/mol. The number of piperazine rings is 1. The SMILES string of the molecule is CCCC(=O)N(CCN1CCN(C(=O)Nc2ccc(OC)cc2)CC1)CC1=CCC2CC1C2(C)C. The van der Waals surface area contributed by atoms with Gasteiger partial charge in [-0.2, -0.15) is 0 Å². The average Bonchev–Trinajstić information content (AvgIpc) is 2.87. The molecule has 7 nitrogen and oxygen atoms in total. The lowest BCUT2D eigenvalue weighted by molar-refractivity contribution is -0.131. The van der Waals surface area contributed by atoms with Crippen molar-refractivity contribution >= 4 is 17.6 Å². The molecule has 2 fully saturated rings. The monoisotopic (exact) mass is 482 g/mol. The van der Waals surface area contributed by atoms with Crippen LogP contribution in [0.4, 0.5) is 10.5 Å². The number of nitrogens with zero attached hydrogens (tertiary/aromatic N) is 3. The number of carbonyl (C=O) groups is 2. The number of benzene rings is 1. The molecule has 1 heterocycles. The number of allylic oxidation sites excluding steroid dienone is 1. The molecule has 1 aliphatic heterocycles. The molecule has 2 atom stereocenters. The Morgan fingerprint density at radius 2 is 1.86 bits per heavy atom. The number of methoxy groups -OCH3 is 1. The van der Waals surface area contributed by atoms with E-state index in [0.717, 1.165) is 62.9 Å². The molecule has 192 valence electrons. The Labute approximate surface area is 210 Å². The summed E-state index contributed by atoms with van der Waals surface area (Å²) in [6, 6.07) is 7.31. The molecule has 1 aromatic carbocycles. The lowest BCUT2D eigenvalue weighted by atomic mass is 9.49. The van der Waals surface area contributed by atoms with E-state index in [2.05, 4.69) is 42.0 Å². The lowest BCUT2D eigenvalue weighted by Gasteiger charge is -2.57. The first-order chi connectivity index (χ1) is 16.8. The summed E-state index contributed by atoms with van der Waals surface area (Å²) in [5.41, 5.74) is 2.62. The Morgan fingerprint density at radius 1 is 1.14 bits per heavy atom. The zero-order valence-electron chi connectivity index (χ0n) is 21.9. The van der Waals surface area contributed by atoms with E-state index in [0.29, 0.717) is 30.8 Å². The van der Waals surface area contributed by atoms with Gasteiger partial charge in [-0.25, -0.2) is 4.79 Å². The molecule has 4 aliphatic rings. The van der Waals surface area contributed by atoms with Gasteiger partial charge in [0.1, 0.15) is 5.75 Å². The van der Waals surface area contributed by atoms with Crippen LogP contribution in [-0.2, 0) is 4.79 Å². The van der Waals surface area contributed by atoms with Gasteiger partial charge in [0.25, 0.3) is 0 Å². The fraction of sp³-hybridized carbons (Fsp3) is 0.643. The lowest BCUT2D eigenvalue weighted by Crippen LogP contribution is -2.52. The molecule has 1 N–H and O–H groups in total. The van der Waals surface area contributed by atoms with Crippen molar-refractivity contribution in [2.24, 2.45) is 17.3 Å². The summed E-state index contributed by atoms with van der Waals surface area (Å²) in [5, 5.41) is 2.97. The summed E-state index contributed by atoms with van der Waals surface area (Å²) in [6.45, 7) is 12.3. The van der Waals surface area contributed by atoms with Crippen LogP contribution >= 0.6 is 0 Å². The predicted molar refractivity (Wildman–Crippen MR) is 140 cm³/mol. The first-order valence-corrected chi connectivity index (χ1v) is 13.2. The number of fused-ring (bicyclic) bond motifs is 1. The maximum Gasteiger partial charge on any atom is 0.321 e. The van der Waals surface area contributed by atoms with E-state index in [1.807, 2.05) is 29.2 Å². The molecular formula is C28H42N4O3. The van der Waals surface area contributed by atoms with Crippen molar-refractivity contribution in [1.82, 2.24) is 14.7 Å². The molecule has 5 rings (SSSR count). The third-order valence-electron chi connectivity index (χ3n) is 8.46. The van der Waals surface area contributed by atoms with Crippen LogP contribution < -0.4 is 10.1 Å². The Kier molecular flexibility index (Phi) is 8.05. The second-order valence-corrected chi connectivity index (χ2v) is 10.9. The number of nitrogens with one attached hydrogen (secondary N) is 1. The number of anilines is 1. The number of hydrogen-bond acceptors (Lipinski definition) is 4. The molecule has 3 amide bonds. The molecule has 35 heavy (non-hydrogen) atoms. The normalized spacial score (nSPS) is 23.2. The molecule has 2 unspecified atom stereocenters. The van der Waals surface area contributed by atoms with Gasteiger partial charge in [0.2, 0.25) is 5.91 Å². The van der Waals surface area contributed by atoms with Crippen molar-refractivity contribution in [3.8, 4) is 5.75 Å². The van der Waals surface area contributed by atoms with Gasteiger partial charge in [0.05, 0.1) is 7.11 Å². The van der Waals surface area contributed by atoms with Crippen molar-refractivity contribution in [3.63, 3.8) is 0 Å². The van der Waals surface area contributed by atoms with Crippen LogP contribution in [0.1, 0.15) is 46.5 Å². The predicted octanol–water partition coefficient (Wildman–Crippen LogP) is 4.47. The summed E-state index contributed by atoms with van der Waals surface area (Å²) in [4.78, 5) is 31.9. The maximum atomic E-state index is 12.9. The third kappa shape index (κ3) is 5.83. The Bertz CT molecular complexity index is 919. The van der Waals surface area contributed by atoms with Crippen molar-refractivity contribution in [2.45, 2.75) is 46.5 Å². The first-order valence-electron chi connectivity index (χ1n) is 13.2. The van der Waals surface area contributed by atoms with E-state index in [1.165, 1.54) is 12.0 Å². The molecule has 3 aliphatic carbocycles. The summed E-state index contributed by atoms with van der Waals surface area (Å²) in [6.07, 6.45) is 6.36. The zero-order chi connectivity index (χ0) is 25.0. The smallest absolute Gasteiger partial charge is 0.321 e. The molecule has 2 bridgehead atoms. The van der Waals surface area contributed by atoms with E-state index < -0.39 is 0 Å². The van der Waals surface area contributed by atoms with Crippen LogP contribution in [0.15, 0.2) is 35.9 Å².